The monoisotopic (exact) mass is 311 g/mol. The molecule has 0 saturated carbocycles. The Bertz CT molecular complexity index is 537. The minimum Gasteiger partial charge on any atom is -0.309 e. The van der Waals surface area contributed by atoms with Crippen LogP contribution >= 0.6 is 15.9 Å². The Morgan fingerprint density at radius 1 is 1.39 bits per heavy atom. The van der Waals surface area contributed by atoms with Crippen molar-refractivity contribution >= 4 is 15.9 Å². The van der Waals surface area contributed by atoms with E-state index in [0.29, 0.717) is 23.8 Å². The van der Waals surface area contributed by atoms with Crippen LogP contribution in [0.4, 0.5) is 4.39 Å². The molecule has 3 nitrogen and oxygen atoms in total. The van der Waals surface area contributed by atoms with Crippen LogP contribution in [0.15, 0.2) is 28.7 Å². The van der Waals surface area contributed by atoms with Crippen molar-refractivity contribution in [3.8, 4) is 11.3 Å². The molecule has 1 aromatic carbocycles. The number of nitrogens with one attached hydrogen (secondary N) is 2. The molecule has 0 amide bonds. The summed E-state index contributed by atoms with van der Waals surface area (Å²) in [5, 5.41) is 10.3. The van der Waals surface area contributed by atoms with E-state index in [1.165, 1.54) is 6.07 Å². The van der Waals surface area contributed by atoms with Crippen molar-refractivity contribution < 1.29 is 4.39 Å². The van der Waals surface area contributed by atoms with E-state index in [0.717, 1.165) is 10.2 Å². The molecular formula is C13H15BrFN3. The maximum atomic E-state index is 13.7. The fraction of sp³-hybridized carbons (Fsp3) is 0.308. The standard InChI is InChI=1S/C13H15BrFN3/c1-8(2)16-7-10-6-13(18-17-10)11-5-9(14)3-4-12(11)15/h3-6,8,16H,7H2,1-2H3,(H,17,18). The Labute approximate surface area is 114 Å². The molecule has 2 N–H and O–H groups in total. The lowest BCUT2D eigenvalue weighted by atomic mass is 10.1. The van der Waals surface area contributed by atoms with Crippen molar-refractivity contribution in [3.63, 3.8) is 0 Å². The summed E-state index contributed by atoms with van der Waals surface area (Å²) < 4.78 is 14.5. The third-order valence-corrected chi connectivity index (χ3v) is 3.03. The summed E-state index contributed by atoms with van der Waals surface area (Å²) in [5.74, 6) is -0.270. The average Bonchev–Trinajstić information content (AvgIpc) is 2.78. The Morgan fingerprint density at radius 2 is 2.17 bits per heavy atom. The van der Waals surface area contributed by atoms with Gasteiger partial charge >= 0.3 is 0 Å². The Balaban J connectivity index is 2.21. The Kier molecular flexibility index (Phi) is 4.14. The first kappa shape index (κ1) is 13.2. The van der Waals surface area contributed by atoms with Crippen LogP contribution in [0.3, 0.4) is 0 Å². The van der Waals surface area contributed by atoms with Gasteiger partial charge in [-0.05, 0) is 24.3 Å². The minimum absolute atomic E-state index is 0.270. The van der Waals surface area contributed by atoms with Crippen molar-refractivity contribution in [1.82, 2.24) is 15.5 Å². The molecule has 5 heteroatoms. The predicted molar refractivity (Wildman–Crippen MR) is 73.7 cm³/mol. The van der Waals surface area contributed by atoms with Crippen LogP contribution < -0.4 is 5.32 Å². The molecule has 0 aliphatic rings. The molecule has 96 valence electrons. The average molecular weight is 312 g/mol. The van der Waals surface area contributed by atoms with E-state index in [9.17, 15) is 4.39 Å². The van der Waals surface area contributed by atoms with E-state index in [1.807, 2.05) is 6.07 Å². The maximum absolute atomic E-state index is 13.7. The molecule has 0 radical (unpaired) electrons. The highest BCUT2D eigenvalue weighted by molar-refractivity contribution is 9.10. The lowest BCUT2D eigenvalue weighted by molar-refractivity contribution is 0.580. The second-order valence-corrected chi connectivity index (χ2v) is 5.35. The fourth-order valence-electron chi connectivity index (χ4n) is 1.60. The molecule has 0 aliphatic carbocycles. The quantitative estimate of drug-likeness (QED) is 0.907. The second kappa shape index (κ2) is 5.63. The summed E-state index contributed by atoms with van der Waals surface area (Å²) in [4.78, 5) is 0. The van der Waals surface area contributed by atoms with Crippen molar-refractivity contribution in [2.45, 2.75) is 26.4 Å². The van der Waals surface area contributed by atoms with Crippen LogP contribution in [-0.2, 0) is 6.54 Å². The van der Waals surface area contributed by atoms with Crippen molar-refractivity contribution in [1.29, 1.82) is 0 Å². The highest BCUT2D eigenvalue weighted by Crippen LogP contribution is 2.25. The van der Waals surface area contributed by atoms with Crippen LogP contribution in [0.25, 0.3) is 11.3 Å². The van der Waals surface area contributed by atoms with E-state index in [4.69, 9.17) is 0 Å². The second-order valence-electron chi connectivity index (χ2n) is 4.44. The van der Waals surface area contributed by atoms with E-state index in [1.54, 1.807) is 12.1 Å². The summed E-state index contributed by atoms with van der Waals surface area (Å²) in [5.41, 5.74) is 2.06. The zero-order valence-corrected chi connectivity index (χ0v) is 11.9. The van der Waals surface area contributed by atoms with Crippen LogP contribution in [0.1, 0.15) is 19.5 Å². The lowest BCUT2D eigenvalue weighted by Crippen LogP contribution is -2.21. The van der Waals surface area contributed by atoms with Gasteiger partial charge in [-0.3, -0.25) is 5.10 Å². The van der Waals surface area contributed by atoms with Crippen LogP contribution in [0.5, 0.6) is 0 Å². The lowest BCUT2D eigenvalue weighted by Gasteiger charge is -2.04. The Morgan fingerprint density at radius 3 is 2.89 bits per heavy atom. The number of rotatable bonds is 4. The number of nitrogens with zero attached hydrogens (tertiary/aromatic N) is 1. The summed E-state index contributed by atoms with van der Waals surface area (Å²) in [6.07, 6.45) is 0. The van der Waals surface area contributed by atoms with Gasteiger partial charge in [0.05, 0.1) is 5.69 Å². The Hall–Kier alpha value is -1.20. The number of benzene rings is 1. The molecule has 1 aromatic heterocycles. The van der Waals surface area contributed by atoms with Crippen molar-refractivity contribution in [2.24, 2.45) is 0 Å². The van der Waals surface area contributed by atoms with Crippen LogP contribution in [0.2, 0.25) is 0 Å². The van der Waals surface area contributed by atoms with Crippen LogP contribution in [-0.4, -0.2) is 16.2 Å². The number of H-pyrrole nitrogens is 1. The number of hydrogen-bond acceptors (Lipinski definition) is 2. The zero-order chi connectivity index (χ0) is 13.1. The number of halogens is 2. The normalized spacial score (nSPS) is 11.2. The molecule has 0 aliphatic heterocycles. The van der Waals surface area contributed by atoms with E-state index in [2.05, 4.69) is 45.3 Å². The number of aromatic amines is 1. The predicted octanol–water partition coefficient (Wildman–Crippen LogP) is 3.48. The maximum Gasteiger partial charge on any atom is 0.132 e. The van der Waals surface area contributed by atoms with Gasteiger partial charge in [-0.1, -0.05) is 29.8 Å². The van der Waals surface area contributed by atoms with E-state index >= 15 is 0 Å². The zero-order valence-electron chi connectivity index (χ0n) is 10.3. The molecular weight excluding hydrogens is 297 g/mol. The third kappa shape index (κ3) is 3.17. The molecule has 0 unspecified atom stereocenters. The van der Waals surface area contributed by atoms with Gasteiger partial charge in [0.15, 0.2) is 0 Å². The summed E-state index contributed by atoms with van der Waals surface area (Å²) >= 11 is 3.33. The SMILES string of the molecule is CC(C)NCc1cc(-c2cc(Br)ccc2F)n[nH]1. The van der Waals surface area contributed by atoms with E-state index < -0.39 is 0 Å². The smallest absolute Gasteiger partial charge is 0.132 e. The molecule has 0 atom stereocenters. The van der Waals surface area contributed by atoms with Gasteiger partial charge in [0, 0.05) is 28.3 Å². The highest BCUT2D eigenvalue weighted by Gasteiger charge is 2.09. The van der Waals surface area contributed by atoms with Gasteiger partial charge in [-0.25, -0.2) is 4.39 Å². The molecule has 0 bridgehead atoms. The molecule has 1 heterocycles. The van der Waals surface area contributed by atoms with Gasteiger partial charge in [0.2, 0.25) is 0 Å². The first-order valence-corrected chi connectivity index (χ1v) is 6.58. The summed E-state index contributed by atoms with van der Waals surface area (Å²) in [6.45, 7) is 4.84. The van der Waals surface area contributed by atoms with Crippen molar-refractivity contribution in [3.05, 3.63) is 40.2 Å². The highest BCUT2D eigenvalue weighted by atomic mass is 79.9. The van der Waals surface area contributed by atoms with Gasteiger partial charge in [-0.15, -0.1) is 0 Å². The first-order valence-electron chi connectivity index (χ1n) is 5.79. The fourth-order valence-corrected chi connectivity index (χ4v) is 1.96. The largest absolute Gasteiger partial charge is 0.309 e. The van der Waals surface area contributed by atoms with Gasteiger partial charge in [-0.2, -0.15) is 5.10 Å². The van der Waals surface area contributed by atoms with Gasteiger partial charge in [0.25, 0.3) is 0 Å². The summed E-state index contributed by atoms with van der Waals surface area (Å²) in [7, 11) is 0. The van der Waals surface area contributed by atoms with E-state index in [-0.39, 0.29) is 5.82 Å². The third-order valence-electron chi connectivity index (χ3n) is 2.54. The molecule has 18 heavy (non-hydrogen) atoms. The minimum atomic E-state index is -0.270. The molecule has 0 fully saturated rings. The van der Waals surface area contributed by atoms with Crippen molar-refractivity contribution in [2.75, 3.05) is 0 Å². The number of hydrogen-bond donors (Lipinski definition) is 2. The molecule has 0 saturated heterocycles. The molecule has 0 spiro atoms. The number of aromatic nitrogens is 2. The topological polar surface area (TPSA) is 40.7 Å². The molecule has 2 aromatic rings. The molecule has 2 rings (SSSR count). The van der Waals surface area contributed by atoms with Crippen LogP contribution in [0, 0.1) is 5.82 Å². The first-order chi connectivity index (χ1) is 8.56. The summed E-state index contributed by atoms with van der Waals surface area (Å²) in [6, 6.07) is 7.09. The van der Waals surface area contributed by atoms with Gasteiger partial charge in [0.1, 0.15) is 5.82 Å². The van der Waals surface area contributed by atoms with Gasteiger partial charge < -0.3 is 5.32 Å².